The summed E-state index contributed by atoms with van der Waals surface area (Å²) in [4.78, 5) is 6.48. The van der Waals surface area contributed by atoms with Gasteiger partial charge in [0, 0.05) is 23.0 Å². The molecular weight excluding hydrogens is 433 g/mol. The Balaban J connectivity index is 1.46. The SMILES string of the molecule is Cc1c([C@@H](N)Nc2nncc3ccc(N4CCn5ncnc5C4)cc23)cccc1C(F)(F)F. The minimum absolute atomic E-state index is 0.0799. The first-order valence-electron chi connectivity index (χ1n) is 10.4. The van der Waals surface area contributed by atoms with Gasteiger partial charge in [-0.15, -0.1) is 5.10 Å². The first-order valence-corrected chi connectivity index (χ1v) is 10.4. The van der Waals surface area contributed by atoms with Crippen molar-refractivity contribution in [2.75, 3.05) is 16.8 Å². The van der Waals surface area contributed by atoms with E-state index in [1.807, 2.05) is 22.9 Å². The summed E-state index contributed by atoms with van der Waals surface area (Å²) in [6, 6.07) is 9.89. The lowest BCUT2D eigenvalue weighted by Crippen LogP contribution is -2.34. The summed E-state index contributed by atoms with van der Waals surface area (Å²) >= 11 is 0. The van der Waals surface area contributed by atoms with Crippen LogP contribution in [0.4, 0.5) is 24.7 Å². The predicted octanol–water partition coefficient (Wildman–Crippen LogP) is 3.64. The van der Waals surface area contributed by atoms with Crippen LogP contribution >= 0.6 is 0 Å². The lowest BCUT2D eigenvalue weighted by Gasteiger charge is -2.29. The van der Waals surface area contributed by atoms with Gasteiger partial charge < -0.3 is 16.0 Å². The molecule has 0 aliphatic carbocycles. The van der Waals surface area contributed by atoms with E-state index in [4.69, 9.17) is 5.73 Å². The molecular formula is C22H21F3N8. The van der Waals surface area contributed by atoms with Crippen LogP contribution in [0.15, 0.2) is 48.9 Å². The van der Waals surface area contributed by atoms with Gasteiger partial charge in [0.2, 0.25) is 0 Å². The van der Waals surface area contributed by atoms with Gasteiger partial charge >= 0.3 is 6.18 Å². The molecule has 2 aromatic heterocycles. The second-order valence-electron chi connectivity index (χ2n) is 7.93. The minimum Gasteiger partial charge on any atom is -0.362 e. The topological polar surface area (TPSA) is 97.8 Å². The number of nitrogens with zero attached hydrogens (tertiary/aromatic N) is 6. The Morgan fingerprint density at radius 3 is 2.82 bits per heavy atom. The second kappa shape index (κ2) is 8.00. The summed E-state index contributed by atoms with van der Waals surface area (Å²) in [5, 5.41) is 17.1. The Kier molecular flexibility index (Phi) is 5.12. The predicted molar refractivity (Wildman–Crippen MR) is 117 cm³/mol. The molecule has 1 aliphatic rings. The van der Waals surface area contributed by atoms with E-state index in [-0.39, 0.29) is 5.56 Å². The molecule has 8 nitrogen and oxygen atoms in total. The lowest BCUT2D eigenvalue weighted by molar-refractivity contribution is -0.138. The number of rotatable bonds is 4. The van der Waals surface area contributed by atoms with Gasteiger partial charge in [0.05, 0.1) is 24.8 Å². The fourth-order valence-electron chi connectivity index (χ4n) is 4.17. The van der Waals surface area contributed by atoms with E-state index in [2.05, 4.69) is 30.5 Å². The van der Waals surface area contributed by atoms with Crippen LogP contribution in [0.25, 0.3) is 10.8 Å². The van der Waals surface area contributed by atoms with Crippen molar-refractivity contribution in [2.24, 2.45) is 5.73 Å². The van der Waals surface area contributed by atoms with Crippen LogP contribution < -0.4 is 16.0 Å². The van der Waals surface area contributed by atoms with E-state index in [9.17, 15) is 13.2 Å². The van der Waals surface area contributed by atoms with Gasteiger partial charge in [-0.25, -0.2) is 9.67 Å². The molecule has 170 valence electrons. The van der Waals surface area contributed by atoms with Gasteiger partial charge in [-0.1, -0.05) is 18.2 Å². The molecule has 3 heterocycles. The van der Waals surface area contributed by atoms with Gasteiger partial charge in [-0.05, 0) is 36.2 Å². The summed E-state index contributed by atoms with van der Waals surface area (Å²) in [6.07, 6.45) is -2.16. The summed E-state index contributed by atoms with van der Waals surface area (Å²) in [6.45, 7) is 3.54. The first kappa shape index (κ1) is 21.1. The molecule has 0 spiro atoms. The minimum atomic E-state index is -4.45. The third kappa shape index (κ3) is 3.95. The van der Waals surface area contributed by atoms with Crippen LogP contribution in [-0.2, 0) is 19.3 Å². The van der Waals surface area contributed by atoms with Crippen molar-refractivity contribution in [3.05, 3.63) is 71.4 Å². The smallest absolute Gasteiger partial charge is 0.362 e. The molecule has 1 aliphatic heterocycles. The van der Waals surface area contributed by atoms with Gasteiger partial charge in [0.25, 0.3) is 0 Å². The third-order valence-electron chi connectivity index (χ3n) is 5.93. The summed E-state index contributed by atoms with van der Waals surface area (Å²) in [5.74, 6) is 1.29. The maximum atomic E-state index is 13.3. The normalized spacial score (nSPS) is 14.9. The maximum Gasteiger partial charge on any atom is 0.416 e. The number of aromatic nitrogens is 5. The van der Waals surface area contributed by atoms with Crippen molar-refractivity contribution in [3.63, 3.8) is 0 Å². The van der Waals surface area contributed by atoms with Crippen molar-refractivity contribution in [3.8, 4) is 0 Å². The fourth-order valence-corrected chi connectivity index (χ4v) is 4.17. The maximum absolute atomic E-state index is 13.3. The van der Waals surface area contributed by atoms with Crippen molar-refractivity contribution < 1.29 is 13.2 Å². The van der Waals surface area contributed by atoms with E-state index in [0.717, 1.165) is 41.4 Å². The number of nitrogens with two attached hydrogens (primary N) is 1. The zero-order valence-electron chi connectivity index (χ0n) is 17.7. The van der Waals surface area contributed by atoms with Crippen LogP contribution in [0.1, 0.15) is 28.7 Å². The summed E-state index contributed by atoms with van der Waals surface area (Å²) < 4.78 is 41.8. The molecule has 3 N–H and O–H groups in total. The summed E-state index contributed by atoms with van der Waals surface area (Å²) in [5.41, 5.74) is 6.96. The first-order chi connectivity index (χ1) is 15.8. The quantitative estimate of drug-likeness (QED) is 0.455. The molecule has 0 radical (unpaired) electrons. The van der Waals surface area contributed by atoms with Crippen molar-refractivity contribution in [2.45, 2.75) is 32.4 Å². The standard InChI is InChI=1S/C22H21F3N8/c1-13-16(3-2-4-18(13)22(23,24)25)20(26)30-21-17-9-15(6-5-14(17)10-28-31-21)32-7-8-33-19(11-32)27-12-29-33/h2-6,9-10,12,20H,7-8,11,26H2,1H3,(H,30,31)/t20-/m0/s1. The van der Waals surface area contributed by atoms with Crippen LogP contribution in [0.5, 0.6) is 0 Å². The third-order valence-corrected chi connectivity index (χ3v) is 5.93. The number of hydrogen-bond donors (Lipinski definition) is 2. The Labute approximate surface area is 187 Å². The number of anilines is 2. The van der Waals surface area contributed by atoms with E-state index in [0.29, 0.717) is 17.9 Å². The molecule has 0 fully saturated rings. The molecule has 1 atom stereocenters. The number of nitrogens with one attached hydrogen (secondary N) is 1. The van der Waals surface area contributed by atoms with Crippen LogP contribution in [0.2, 0.25) is 0 Å². The van der Waals surface area contributed by atoms with Gasteiger partial charge in [-0.3, -0.25) is 0 Å². The number of alkyl halides is 3. The number of hydrogen-bond acceptors (Lipinski definition) is 7. The van der Waals surface area contributed by atoms with E-state index >= 15 is 0 Å². The van der Waals surface area contributed by atoms with Gasteiger partial charge in [0.1, 0.15) is 18.3 Å². The molecule has 0 saturated carbocycles. The monoisotopic (exact) mass is 454 g/mol. The fraction of sp³-hybridized carbons (Fsp3) is 0.273. The zero-order chi connectivity index (χ0) is 23.2. The molecule has 0 saturated heterocycles. The molecule has 0 amide bonds. The van der Waals surface area contributed by atoms with E-state index in [1.165, 1.54) is 13.0 Å². The number of halogens is 3. The molecule has 33 heavy (non-hydrogen) atoms. The number of benzene rings is 2. The highest BCUT2D eigenvalue weighted by atomic mass is 19.4. The van der Waals surface area contributed by atoms with Crippen LogP contribution in [0.3, 0.4) is 0 Å². The Morgan fingerprint density at radius 1 is 1.15 bits per heavy atom. The van der Waals surface area contributed by atoms with Crippen molar-refractivity contribution in [1.82, 2.24) is 25.0 Å². The molecule has 0 bridgehead atoms. The van der Waals surface area contributed by atoms with E-state index < -0.39 is 17.9 Å². The lowest BCUT2D eigenvalue weighted by atomic mass is 10.00. The largest absolute Gasteiger partial charge is 0.416 e. The Hall–Kier alpha value is -3.73. The number of fused-ring (bicyclic) bond motifs is 2. The van der Waals surface area contributed by atoms with Gasteiger partial charge in [0.15, 0.2) is 5.82 Å². The van der Waals surface area contributed by atoms with Crippen LogP contribution in [-0.4, -0.2) is 31.5 Å². The van der Waals surface area contributed by atoms with Gasteiger partial charge in [-0.2, -0.15) is 23.4 Å². The average Bonchev–Trinajstić information content (AvgIpc) is 3.26. The average molecular weight is 454 g/mol. The molecule has 5 rings (SSSR count). The highest BCUT2D eigenvalue weighted by Crippen LogP contribution is 2.35. The summed E-state index contributed by atoms with van der Waals surface area (Å²) in [7, 11) is 0. The Morgan fingerprint density at radius 2 is 2.00 bits per heavy atom. The molecule has 4 aromatic rings. The highest BCUT2D eigenvalue weighted by molar-refractivity contribution is 5.93. The van der Waals surface area contributed by atoms with Crippen LogP contribution in [0, 0.1) is 6.92 Å². The molecule has 2 aromatic carbocycles. The molecule has 0 unspecified atom stereocenters. The van der Waals surface area contributed by atoms with Crippen molar-refractivity contribution in [1.29, 1.82) is 0 Å². The second-order valence-corrected chi connectivity index (χ2v) is 7.93. The molecule has 11 heteroatoms. The zero-order valence-corrected chi connectivity index (χ0v) is 17.7. The Bertz CT molecular complexity index is 1320. The highest BCUT2D eigenvalue weighted by Gasteiger charge is 2.33. The van der Waals surface area contributed by atoms with Crippen molar-refractivity contribution >= 4 is 22.3 Å². The van der Waals surface area contributed by atoms with E-state index in [1.54, 1.807) is 18.6 Å².